The van der Waals surface area contributed by atoms with Gasteiger partial charge in [0.15, 0.2) is 0 Å². The van der Waals surface area contributed by atoms with Crippen molar-refractivity contribution in [3.63, 3.8) is 0 Å². The van der Waals surface area contributed by atoms with Gasteiger partial charge in [-0.15, -0.1) is 0 Å². The molecule has 1 saturated heterocycles. The first-order chi connectivity index (χ1) is 15.6. The number of pyridine rings is 1. The summed E-state index contributed by atoms with van der Waals surface area (Å²) in [4.78, 5) is 21.8. The molecular formula is C25H23ClN4O2. The SMILES string of the molecule is COc1cccc(N2CCN(C(=O)c3cn4cc(-c5cccc(Cl)c5)ccc4n3)CC2)c1. The number of ether oxygens (including phenoxy) is 1. The first-order valence-electron chi connectivity index (χ1n) is 10.5. The van der Waals surface area contributed by atoms with Gasteiger partial charge in [0.1, 0.15) is 17.1 Å². The van der Waals surface area contributed by atoms with E-state index in [0.717, 1.165) is 41.3 Å². The minimum absolute atomic E-state index is 0.0386. The number of anilines is 1. The first-order valence-corrected chi connectivity index (χ1v) is 10.9. The molecule has 2 aromatic heterocycles. The first kappa shape index (κ1) is 20.4. The number of carbonyl (C=O) groups is 1. The second-order valence-corrected chi connectivity index (χ2v) is 8.24. The molecule has 7 heteroatoms. The lowest BCUT2D eigenvalue weighted by Crippen LogP contribution is -2.48. The normalized spacial score (nSPS) is 14.1. The number of nitrogens with zero attached hydrogens (tertiary/aromatic N) is 4. The number of benzene rings is 2. The molecule has 1 aliphatic rings. The Morgan fingerprint density at radius 1 is 0.938 bits per heavy atom. The van der Waals surface area contributed by atoms with E-state index in [-0.39, 0.29) is 5.91 Å². The molecule has 1 aliphatic heterocycles. The third-order valence-electron chi connectivity index (χ3n) is 5.81. The molecule has 4 aromatic rings. The van der Waals surface area contributed by atoms with Gasteiger partial charge in [0.2, 0.25) is 0 Å². The number of halogens is 1. The van der Waals surface area contributed by atoms with Gasteiger partial charge >= 0.3 is 0 Å². The summed E-state index contributed by atoms with van der Waals surface area (Å²) in [5.41, 5.74) is 4.35. The predicted octanol–water partition coefficient (Wildman–Crippen LogP) is 4.63. The minimum atomic E-state index is -0.0386. The van der Waals surface area contributed by atoms with Gasteiger partial charge in [-0.1, -0.05) is 29.8 Å². The quantitative estimate of drug-likeness (QED) is 0.458. The highest BCUT2D eigenvalue weighted by Gasteiger charge is 2.24. The van der Waals surface area contributed by atoms with Crippen molar-refractivity contribution in [2.45, 2.75) is 0 Å². The number of hydrogen-bond donors (Lipinski definition) is 0. The van der Waals surface area contributed by atoms with E-state index in [9.17, 15) is 4.79 Å². The van der Waals surface area contributed by atoms with Crippen LogP contribution in [0.3, 0.4) is 0 Å². The van der Waals surface area contributed by atoms with Crippen LogP contribution in [-0.4, -0.2) is 53.5 Å². The maximum atomic E-state index is 13.1. The lowest BCUT2D eigenvalue weighted by molar-refractivity contribution is 0.0741. The van der Waals surface area contributed by atoms with Crippen molar-refractivity contribution in [2.24, 2.45) is 0 Å². The van der Waals surface area contributed by atoms with Crippen LogP contribution in [0.25, 0.3) is 16.8 Å². The fourth-order valence-electron chi connectivity index (χ4n) is 4.07. The highest BCUT2D eigenvalue weighted by atomic mass is 35.5. The second kappa shape index (κ2) is 8.55. The molecule has 6 nitrogen and oxygen atoms in total. The fourth-order valence-corrected chi connectivity index (χ4v) is 4.26. The number of carbonyl (C=O) groups excluding carboxylic acids is 1. The van der Waals surface area contributed by atoms with E-state index in [2.05, 4.69) is 16.0 Å². The van der Waals surface area contributed by atoms with Crippen molar-refractivity contribution in [1.29, 1.82) is 0 Å². The third kappa shape index (κ3) is 4.01. The van der Waals surface area contributed by atoms with E-state index in [1.165, 1.54) is 0 Å². The van der Waals surface area contributed by atoms with Gasteiger partial charge in [0, 0.05) is 55.3 Å². The monoisotopic (exact) mass is 446 g/mol. The molecule has 2 aromatic carbocycles. The maximum absolute atomic E-state index is 13.1. The summed E-state index contributed by atoms with van der Waals surface area (Å²) in [6, 6.07) is 19.6. The summed E-state index contributed by atoms with van der Waals surface area (Å²) in [5.74, 6) is 0.797. The zero-order chi connectivity index (χ0) is 22.1. The topological polar surface area (TPSA) is 50.1 Å². The van der Waals surface area contributed by atoms with Gasteiger partial charge in [-0.2, -0.15) is 0 Å². The third-order valence-corrected chi connectivity index (χ3v) is 6.05. The van der Waals surface area contributed by atoms with E-state index in [4.69, 9.17) is 16.3 Å². The maximum Gasteiger partial charge on any atom is 0.274 e. The second-order valence-electron chi connectivity index (χ2n) is 7.80. The Labute approximate surface area is 191 Å². The molecule has 0 spiro atoms. The summed E-state index contributed by atoms with van der Waals surface area (Å²) in [6.07, 6.45) is 3.78. The van der Waals surface area contributed by atoms with Crippen LogP contribution < -0.4 is 9.64 Å². The molecule has 0 radical (unpaired) electrons. The summed E-state index contributed by atoms with van der Waals surface area (Å²) < 4.78 is 7.22. The summed E-state index contributed by atoms with van der Waals surface area (Å²) >= 11 is 6.13. The summed E-state index contributed by atoms with van der Waals surface area (Å²) in [6.45, 7) is 2.84. The lowest BCUT2D eigenvalue weighted by Gasteiger charge is -2.35. The van der Waals surface area contributed by atoms with Crippen LogP contribution in [0.5, 0.6) is 5.75 Å². The number of fused-ring (bicyclic) bond motifs is 1. The zero-order valence-electron chi connectivity index (χ0n) is 17.7. The van der Waals surface area contributed by atoms with Gasteiger partial charge < -0.3 is 18.9 Å². The van der Waals surface area contributed by atoms with E-state index in [0.29, 0.717) is 23.8 Å². The van der Waals surface area contributed by atoms with Crippen LogP contribution in [0.15, 0.2) is 73.1 Å². The Bertz CT molecular complexity index is 1280. The number of rotatable bonds is 4. The smallest absolute Gasteiger partial charge is 0.274 e. The molecule has 0 saturated carbocycles. The Hall–Kier alpha value is -3.51. The number of methoxy groups -OCH3 is 1. The van der Waals surface area contributed by atoms with Crippen LogP contribution in [-0.2, 0) is 0 Å². The molecule has 0 N–H and O–H groups in total. The Kier molecular flexibility index (Phi) is 5.45. The molecule has 32 heavy (non-hydrogen) atoms. The molecule has 0 bridgehead atoms. The van der Waals surface area contributed by atoms with Crippen LogP contribution in [0, 0.1) is 0 Å². The standard InChI is InChI=1S/C25H23ClN4O2/c1-32-22-7-3-6-21(15-22)28-10-12-29(13-11-28)25(31)23-17-30-16-19(8-9-24(30)27-23)18-4-2-5-20(26)14-18/h2-9,14-17H,10-13H2,1H3. The molecule has 3 heterocycles. The van der Waals surface area contributed by atoms with Crippen molar-refractivity contribution in [1.82, 2.24) is 14.3 Å². The van der Waals surface area contributed by atoms with Gasteiger partial charge in [-0.05, 0) is 47.5 Å². The van der Waals surface area contributed by atoms with E-state index >= 15 is 0 Å². The minimum Gasteiger partial charge on any atom is -0.497 e. The molecule has 0 atom stereocenters. The summed E-state index contributed by atoms with van der Waals surface area (Å²) in [7, 11) is 1.67. The van der Waals surface area contributed by atoms with E-state index in [1.54, 1.807) is 13.3 Å². The Morgan fingerprint density at radius 3 is 2.53 bits per heavy atom. The molecule has 1 fully saturated rings. The predicted molar refractivity (Wildman–Crippen MR) is 127 cm³/mol. The number of imidazole rings is 1. The van der Waals surface area contributed by atoms with Crippen molar-refractivity contribution in [2.75, 3.05) is 38.2 Å². The van der Waals surface area contributed by atoms with Crippen molar-refractivity contribution in [3.05, 3.63) is 83.8 Å². The van der Waals surface area contributed by atoms with Crippen molar-refractivity contribution < 1.29 is 9.53 Å². The van der Waals surface area contributed by atoms with Crippen molar-refractivity contribution >= 4 is 28.8 Å². The van der Waals surface area contributed by atoms with E-state index < -0.39 is 0 Å². The largest absolute Gasteiger partial charge is 0.497 e. The number of piperazine rings is 1. The van der Waals surface area contributed by atoms with Crippen LogP contribution >= 0.6 is 11.6 Å². The highest BCUT2D eigenvalue weighted by molar-refractivity contribution is 6.30. The molecule has 1 amide bonds. The number of hydrogen-bond acceptors (Lipinski definition) is 4. The van der Waals surface area contributed by atoms with Gasteiger partial charge in [-0.3, -0.25) is 4.79 Å². The fraction of sp³-hybridized carbons (Fsp3) is 0.200. The average Bonchev–Trinajstić information content (AvgIpc) is 3.27. The molecule has 5 rings (SSSR count). The zero-order valence-corrected chi connectivity index (χ0v) is 18.5. The Balaban J connectivity index is 1.31. The van der Waals surface area contributed by atoms with E-state index in [1.807, 2.05) is 70.1 Å². The number of aromatic nitrogens is 2. The van der Waals surface area contributed by atoms with Gasteiger partial charge in [0.25, 0.3) is 5.91 Å². The highest BCUT2D eigenvalue weighted by Crippen LogP contribution is 2.25. The molecule has 0 aliphatic carbocycles. The lowest BCUT2D eigenvalue weighted by atomic mass is 10.1. The van der Waals surface area contributed by atoms with Crippen LogP contribution in [0.1, 0.15) is 10.5 Å². The van der Waals surface area contributed by atoms with Crippen molar-refractivity contribution in [3.8, 4) is 16.9 Å². The summed E-state index contributed by atoms with van der Waals surface area (Å²) in [5, 5.41) is 0.692. The van der Waals surface area contributed by atoms with Gasteiger partial charge in [0.05, 0.1) is 7.11 Å². The molecule has 0 unspecified atom stereocenters. The average molecular weight is 447 g/mol. The molecule has 162 valence electrons. The Morgan fingerprint density at radius 2 is 1.75 bits per heavy atom. The number of amides is 1. The van der Waals surface area contributed by atoms with Crippen LogP contribution in [0.4, 0.5) is 5.69 Å². The molecular weight excluding hydrogens is 424 g/mol. The van der Waals surface area contributed by atoms with Gasteiger partial charge in [-0.25, -0.2) is 4.98 Å². The van der Waals surface area contributed by atoms with Crippen LogP contribution in [0.2, 0.25) is 5.02 Å².